The summed E-state index contributed by atoms with van der Waals surface area (Å²) in [5.74, 6) is 0.969. The summed E-state index contributed by atoms with van der Waals surface area (Å²) in [6, 6.07) is 20.8. The number of rotatable bonds is 5. The van der Waals surface area contributed by atoms with E-state index in [1.54, 1.807) is 0 Å². The first-order valence-corrected chi connectivity index (χ1v) is 9.05. The Kier molecular flexibility index (Phi) is 4.81. The van der Waals surface area contributed by atoms with Gasteiger partial charge < -0.3 is 14.5 Å². The lowest BCUT2D eigenvalue weighted by Gasteiger charge is -2.11. The summed E-state index contributed by atoms with van der Waals surface area (Å²) in [5.41, 5.74) is 5.12. The quantitative estimate of drug-likeness (QED) is 0.527. The largest absolute Gasteiger partial charge is 0.484 e. The molecule has 0 bridgehead atoms. The molecular formula is C23H20N2O3. The third-order valence-corrected chi connectivity index (χ3v) is 4.50. The number of nitrogens with zero attached hydrogens (tertiary/aromatic N) is 1. The zero-order chi connectivity index (χ0) is 19.5. The number of aryl methyl sites for hydroxylation is 1. The minimum Gasteiger partial charge on any atom is -0.484 e. The number of carbonyl (C=O) groups excluding carboxylic acids is 1. The normalized spacial score (nSPS) is 10.8. The molecule has 0 spiro atoms. The molecule has 1 N–H and O–H groups in total. The highest BCUT2D eigenvalue weighted by Gasteiger charge is 2.14. The Labute approximate surface area is 163 Å². The summed E-state index contributed by atoms with van der Waals surface area (Å²) in [7, 11) is 0. The summed E-state index contributed by atoms with van der Waals surface area (Å²) in [6.07, 6.45) is 0. The number of anilines is 1. The average Bonchev–Trinajstić information content (AvgIpc) is 3.11. The monoisotopic (exact) mass is 372 g/mol. The standard InChI is InChI=1S/C23H20N2O3/c1-15-11-12-20-21(13-15)28-23(25-20)18-9-6-10-19(16(18)2)24-22(26)14-27-17-7-4-3-5-8-17/h3-13H,14H2,1-2H3,(H,24,26). The molecule has 4 rings (SSSR count). The molecule has 0 fully saturated rings. The van der Waals surface area contributed by atoms with E-state index in [9.17, 15) is 4.79 Å². The summed E-state index contributed by atoms with van der Waals surface area (Å²) in [4.78, 5) is 16.9. The van der Waals surface area contributed by atoms with Crippen LogP contribution in [0.1, 0.15) is 11.1 Å². The van der Waals surface area contributed by atoms with Crippen LogP contribution in [0.2, 0.25) is 0 Å². The van der Waals surface area contributed by atoms with Crippen molar-refractivity contribution < 1.29 is 13.9 Å². The van der Waals surface area contributed by atoms with Crippen LogP contribution < -0.4 is 10.1 Å². The van der Waals surface area contributed by atoms with Crippen molar-refractivity contribution in [1.82, 2.24) is 4.98 Å². The Morgan fingerprint density at radius 1 is 1.04 bits per heavy atom. The number of hydrogen-bond donors (Lipinski definition) is 1. The lowest BCUT2D eigenvalue weighted by atomic mass is 10.1. The smallest absolute Gasteiger partial charge is 0.262 e. The molecule has 3 aromatic carbocycles. The third-order valence-electron chi connectivity index (χ3n) is 4.50. The van der Waals surface area contributed by atoms with E-state index >= 15 is 0 Å². The molecule has 0 aliphatic heterocycles. The van der Waals surface area contributed by atoms with E-state index in [2.05, 4.69) is 10.3 Å². The molecule has 0 aliphatic rings. The zero-order valence-electron chi connectivity index (χ0n) is 15.7. The Bertz CT molecular complexity index is 1130. The summed E-state index contributed by atoms with van der Waals surface area (Å²) in [6.45, 7) is 3.89. The minimum atomic E-state index is -0.225. The van der Waals surface area contributed by atoms with Gasteiger partial charge in [0.2, 0.25) is 5.89 Å². The Balaban J connectivity index is 1.53. The topological polar surface area (TPSA) is 64.4 Å². The summed E-state index contributed by atoms with van der Waals surface area (Å²) in [5, 5.41) is 2.90. The summed E-state index contributed by atoms with van der Waals surface area (Å²) < 4.78 is 11.4. The molecule has 0 saturated heterocycles. The molecule has 28 heavy (non-hydrogen) atoms. The molecular weight excluding hydrogens is 352 g/mol. The van der Waals surface area contributed by atoms with Gasteiger partial charge >= 0.3 is 0 Å². The number of carbonyl (C=O) groups is 1. The highest BCUT2D eigenvalue weighted by Crippen LogP contribution is 2.30. The van der Waals surface area contributed by atoms with Crippen molar-refractivity contribution in [2.75, 3.05) is 11.9 Å². The van der Waals surface area contributed by atoms with Crippen molar-refractivity contribution in [2.45, 2.75) is 13.8 Å². The first kappa shape index (κ1) is 17.8. The molecule has 5 heteroatoms. The number of para-hydroxylation sites is 1. The number of aromatic nitrogens is 1. The van der Waals surface area contributed by atoms with Gasteiger partial charge in [0.25, 0.3) is 5.91 Å². The van der Waals surface area contributed by atoms with Gasteiger partial charge in [-0.1, -0.05) is 30.3 Å². The van der Waals surface area contributed by atoms with E-state index < -0.39 is 0 Å². The Morgan fingerprint density at radius 2 is 1.86 bits per heavy atom. The first-order valence-electron chi connectivity index (χ1n) is 9.05. The van der Waals surface area contributed by atoms with Gasteiger partial charge in [0.1, 0.15) is 11.3 Å². The van der Waals surface area contributed by atoms with Gasteiger partial charge in [0, 0.05) is 11.3 Å². The molecule has 1 amide bonds. The summed E-state index contributed by atoms with van der Waals surface area (Å²) >= 11 is 0. The maximum Gasteiger partial charge on any atom is 0.262 e. The minimum absolute atomic E-state index is 0.0597. The lowest BCUT2D eigenvalue weighted by Crippen LogP contribution is -2.20. The fourth-order valence-corrected chi connectivity index (χ4v) is 3.00. The van der Waals surface area contributed by atoms with Gasteiger partial charge in [-0.2, -0.15) is 0 Å². The second-order valence-corrected chi connectivity index (χ2v) is 6.62. The van der Waals surface area contributed by atoms with Gasteiger partial charge in [-0.3, -0.25) is 4.79 Å². The Morgan fingerprint density at radius 3 is 2.68 bits per heavy atom. The van der Waals surface area contributed by atoms with Gasteiger partial charge in [-0.05, 0) is 61.4 Å². The number of nitrogens with one attached hydrogen (secondary N) is 1. The maximum absolute atomic E-state index is 12.3. The second kappa shape index (κ2) is 7.56. The maximum atomic E-state index is 12.3. The van der Waals surface area contributed by atoms with E-state index in [4.69, 9.17) is 9.15 Å². The molecule has 0 saturated carbocycles. The molecule has 140 valence electrons. The highest BCUT2D eigenvalue weighted by atomic mass is 16.5. The zero-order valence-corrected chi connectivity index (χ0v) is 15.7. The fraction of sp³-hybridized carbons (Fsp3) is 0.130. The number of hydrogen-bond acceptors (Lipinski definition) is 4. The highest BCUT2D eigenvalue weighted by molar-refractivity contribution is 5.93. The van der Waals surface area contributed by atoms with Crippen molar-refractivity contribution in [3.05, 3.63) is 77.9 Å². The number of ether oxygens (including phenoxy) is 1. The molecule has 1 heterocycles. The van der Waals surface area contributed by atoms with Crippen LogP contribution in [-0.4, -0.2) is 17.5 Å². The lowest BCUT2D eigenvalue weighted by molar-refractivity contribution is -0.118. The van der Waals surface area contributed by atoms with Crippen LogP contribution in [0.15, 0.2) is 71.1 Å². The van der Waals surface area contributed by atoms with E-state index in [0.717, 1.165) is 27.8 Å². The van der Waals surface area contributed by atoms with E-state index in [0.29, 0.717) is 17.3 Å². The van der Waals surface area contributed by atoms with Crippen LogP contribution in [-0.2, 0) is 4.79 Å². The number of amides is 1. The van der Waals surface area contributed by atoms with Gasteiger partial charge in [-0.15, -0.1) is 0 Å². The first-order chi connectivity index (χ1) is 13.6. The third kappa shape index (κ3) is 3.74. The van der Waals surface area contributed by atoms with Gasteiger partial charge in [-0.25, -0.2) is 4.98 Å². The molecule has 4 aromatic rings. The number of fused-ring (bicyclic) bond motifs is 1. The van der Waals surface area contributed by atoms with Crippen LogP contribution in [0.4, 0.5) is 5.69 Å². The van der Waals surface area contributed by atoms with Crippen LogP contribution in [0.3, 0.4) is 0 Å². The molecule has 0 unspecified atom stereocenters. The van der Waals surface area contributed by atoms with Crippen molar-refractivity contribution in [3.63, 3.8) is 0 Å². The van der Waals surface area contributed by atoms with E-state index in [1.165, 1.54) is 0 Å². The fourth-order valence-electron chi connectivity index (χ4n) is 3.00. The van der Waals surface area contributed by atoms with Crippen LogP contribution in [0.5, 0.6) is 5.75 Å². The van der Waals surface area contributed by atoms with Crippen LogP contribution in [0, 0.1) is 13.8 Å². The molecule has 5 nitrogen and oxygen atoms in total. The van der Waals surface area contributed by atoms with Gasteiger partial charge in [0.15, 0.2) is 12.2 Å². The van der Waals surface area contributed by atoms with Crippen LogP contribution in [0.25, 0.3) is 22.6 Å². The van der Waals surface area contributed by atoms with Crippen LogP contribution >= 0.6 is 0 Å². The predicted octanol–water partition coefficient (Wildman–Crippen LogP) is 5.13. The number of oxazole rings is 1. The second-order valence-electron chi connectivity index (χ2n) is 6.62. The molecule has 0 radical (unpaired) electrons. The average molecular weight is 372 g/mol. The predicted molar refractivity (Wildman–Crippen MR) is 109 cm³/mol. The molecule has 0 atom stereocenters. The van der Waals surface area contributed by atoms with Crippen molar-refractivity contribution >= 4 is 22.7 Å². The number of benzene rings is 3. The molecule has 0 aliphatic carbocycles. The van der Waals surface area contributed by atoms with Crippen molar-refractivity contribution in [1.29, 1.82) is 0 Å². The SMILES string of the molecule is Cc1ccc2nc(-c3cccc(NC(=O)COc4ccccc4)c3C)oc2c1. The van der Waals surface area contributed by atoms with Crippen molar-refractivity contribution in [2.24, 2.45) is 0 Å². The van der Waals surface area contributed by atoms with E-state index in [1.807, 2.05) is 80.6 Å². The Hall–Kier alpha value is -3.60. The molecule has 1 aromatic heterocycles. The van der Waals surface area contributed by atoms with Gasteiger partial charge in [0.05, 0.1) is 0 Å². The van der Waals surface area contributed by atoms with E-state index in [-0.39, 0.29) is 12.5 Å². The van der Waals surface area contributed by atoms with Crippen molar-refractivity contribution in [3.8, 4) is 17.2 Å².